The van der Waals surface area contributed by atoms with E-state index in [1.165, 1.54) is 6.42 Å². The zero-order chi connectivity index (χ0) is 9.64. The lowest BCUT2D eigenvalue weighted by molar-refractivity contribution is -0.151. The molecule has 0 spiro atoms. The first-order valence-electron chi connectivity index (χ1n) is 4.87. The number of halogens is 1. The summed E-state index contributed by atoms with van der Waals surface area (Å²) in [7, 11) is 0. The second-order valence-corrected chi connectivity index (χ2v) is 5.67. The molecule has 0 aliphatic heterocycles. The molecule has 3 heteroatoms. The summed E-state index contributed by atoms with van der Waals surface area (Å²) in [5, 5.41) is 0. The predicted molar refractivity (Wildman–Crippen MR) is 50.6 cm³/mol. The summed E-state index contributed by atoms with van der Waals surface area (Å²) in [6, 6.07) is 0. The van der Waals surface area contributed by atoms with Gasteiger partial charge in [-0.2, -0.15) is 0 Å². The largest absolute Gasteiger partial charge is 0.461 e. The molecule has 2 aliphatic rings. The number of rotatable bonds is 2. The summed E-state index contributed by atoms with van der Waals surface area (Å²) in [4.78, 5) is 10.5. The highest BCUT2D eigenvalue weighted by Crippen LogP contribution is 2.52. The number of hydrogen-bond donors (Lipinski definition) is 0. The number of fused-ring (bicyclic) bond motifs is 1. The number of esters is 1. The highest BCUT2D eigenvalue weighted by atomic mass is 35.5. The average molecular weight is 203 g/mol. The third-order valence-electron chi connectivity index (χ3n) is 2.96. The van der Waals surface area contributed by atoms with Gasteiger partial charge in [-0.3, -0.25) is 4.79 Å². The molecule has 2 saturated carbocycles. The zero-order valence-corrected chi connectivity index (χ0v) is 8.80. The molecule has 0 N–H and O–H groups in total. The molecule has 3 atom stereocenters. The first-order valence-corrected chi connectivity index (χ1v) is 5.24. The van der Waals surface area contributed by atoms with Crippen LogP contribution in [0.3, 0.4) is 0 Å². The van der Waals surface area contributed by atoms with E-state index in [0.29, 0.717) is 0 Å². The molecule has 0 saturated heterocycles. The minimum atomic E-state index is -0.868. The van der Waals surface area contributed by atoms with Crippen LogP contribution in [0.1, 0.15) is 33.1 Å². The Morgan fingerprint density at radius 3 is 2.31 bits per heavy atom. The topological polar surface area (TPSA) is 26.3 Å². The average Bonchev–Trinajstić information content (AvgIpc) is 2.57. The molecule has 0 radical (unpaired) electrons. The molecule has 0 unspecified atom stereocenters. The van der Waals surface area contributed by atoms with Crippen LogP contribution < -0.4 is 0 Å². The van der Waals surface area contributed by atoms with Crippen LogP contribution in [0.2, 0.25) is 0 Å². The van der Waals surface area contributed by atoms with Gasteiger partial charge < -0.3 is 4.74 Å². The van der Waals surface area contributed by atoms with Gasteiger partial charge in [-0.25, -0.2) is 0 Å². The lowest BCUT2D eigenvalue weighted by atomic mass is 10.2. The third kappa shape index (κ3) is 1.98. The maximum Gasteiger partial charge on any atom is 0.326 e. The van der Waals surface area contributed by atoms with Crippen molar-refractivity contribution in [2.75, 3.05) is 0 Å². The molecular weight excluding hydrogens is 188 g/mol. The van der Waals surface area contributed by atoms with Crippen molar-refractivity contribution in [2.24, 2.45) is 11.8 Å². The quantitative estimate of drug-likeness (QED) is 0.508. The Kier molecular flexibility index (Phi) is 2.06. The minimum absolute atomic E-state index is 0.147. The molecular formula is C10H15ClO2. The Bertz CT molecular complexity index is 222. The standard InChI is InChI=1S/C10H15ClO2/c1-10(2,11)9(12)13-8-4-6-3-7(6)5-8/h6-8H,3-5H2,1-2H3/t6-,7+,8+. The van der Waals surface area contributed by atoms with Crippen LogP contribution in [0, 0.1) is 11.8 Å². The van der Waals surface area contributed by atoms with E-state index in [4.69, 9.17) is 16.3 Å². The fraction of sp³-hybridized carbons (Fsp3) is 0.900. The van der Waals surface area contributed by atoms with Crippen molar-refractivity contribution < 1.29 is 9.53 Å². The van der Waals surface area contributed by atoms with Gasteiger partial charge in [-0.05, 0) is 44.9 Å². The van der Waals surface area contributed by atoms with E-state index < -0.39 is 4.87 Å². The van der Waals surface area contributed by atoms with Crippen molar-refractivity contribution >= 4 is 17.6 Å². The molecule has 13 heavy (non-hydrogen) atoms. The van der Waals surface area contributed by atoms with Crippen molar-refractivity contribution in [3.8, 4) is 0 Å². The number of alkyl halides is 1. The van der Waals surface area contributed by atoms with E-state index in [0.717, 1.165) is 24.7 Å². The van der Waals surface area contributed by atoms with Crippen LogP contribution in [0.5, 0.6) is 0 Å². The lowest BCUT2D eigenvalue weighted by Crippen LogP contribution is -2.30. The predicted octanol–water partition coefficient (Wildman–Crippen LogP) is 2.35. The Labute approximate surface area is 83.6 Å². The number of carbonyl (C=O) groups excluding carboxylic acids is 1. The smallest absolute Gasteiger partial charge is 0.326 e. The minimum Gasteiger partial charge on any atom is -0.461 e. The molecule has 0 amide bonds. The normalized spacial score (nSPS) is 37.0. The summed E-state index contributed by atoms with van der Waals surface area (Å²) in [6.07, 6.45) is 3.61. The van der Waals surface area contributed by atoms with E-state index in [2.05, 4.69) is 0 Å². The molecule has 2 aliphatic carbocycles. The van der Waals surface area contributed by atoms with Gasteiger partial charge in [-0.1, -0.05) is 0 Å². The van der Waals surface area contributed by atoms with Gasteiger partial charge in [-0.15, -0.1) is 11.6 Å². The molecule has 2 rings (SSSR count). The van der Waals surface area contributed by atoms with E-state index in [-0.39, 0.29) is 12.1 Å². The summed E-state index contributed by atoms with van der Waals surface area (Å²) >= 11 is 5.84. The van der Waals surface area contributed by atoms with Crippen molar-refractivity contribution in [3.05, 3.63) is 0 Å². The van der Waals surface area contributed by atoms with Gasteiger partial charge in [0.1, 0.15) is 11.0 Å². The number of carbonyl (C=O) groups is 1. The van der Waals surface area contributed by atoms with Gasteiger partial charge in [0.2, 0.25) is 0 Å². The lowest BCUT2D eigenvalue weighted by Gasteiger charge is -2.19. The molecule has 0 aromatic rings. The van der Waals surface area contributed by atoms with Gasteiger partial charge in [0.05, 0.1) is 0 Å². The van der Waals surface area contributed by atoms with E-state index in [9.17, 15) is 4.79 Å². The monoisotopic (exact) mass is 202 g/mol. The van der Waals surface area contributed by atoms with Gasteiger partial charge in [0.15, 0.2) is 0 Å². The van der Waals surface area contributed by atoms with E-state index in [1.807, 2.05) is 0 Å². The van der Waals surface area contributed by atoms with Gasteiger partial charge in [0, 0.05) is 0 Å². The fourth-order valence-electron chi connectivity index (χ4n) is 2.05. The first kappa shape index (κ1) is 9.32. The summed E-state index contributed by atoms with van der Waals surface area (Å²) in [5.74, 6) is 1.41. The van der Waals surface area contributed by atoms with Crippen molar-refractivity contribution in [2.45, 2.75) is 44.1 Å². The Morgan fingerprint density at radius 1 is 1.31 bits per heavy atom. The van der Waals surface area contributed by atoms with Crippen LogP contribution >= 0.6 is 11.6 Å². The van der Waals surface area contributed by atoms with Crippen molar-refractivity contribution in [1.82, 2.24) is 0 Å². The van der Waals surface area contributed by atoms with E-state index >= 15 is 0 Å². The second kappa shape index (κ2) is 2.88. The van der Waals surface area contributed by atoms with Gasteiger partial charge in [0.25, 0.3) is 0 Å². The first-order chi connectivity index (χ1) is 5.97. The van der Waals surface area contributed by atoms with Crippen LogP contribution in [-0.2, 0) is 9.53 Å². The van der Waals surface area contributed by atoms with Gasteiger partial charge >= 0.3 is 5.97 Å². The van der Waals surface area contributed by atoms with Crippen LogP contribution in [0.15, 0.2) is 0 Å². The maximum absolute atomic E-state index is 11.4. The Hall–Kier alpha value is -0.240. The summed E-state index contributed by atoms with van der Waals surface area (Å²) in [5.41, 5.74) is 0. The highest BCUT2D eigenvalue weighted by molar-refractivity contribution is 6.33. The van der Waals surface area contributed by atoms with Crippen LogP contribution in [0.4, 0.5) is 0 Å². The molecule has 2 nitrogen and oxygen atoms in total. The number of ether oxygens (including phenoxy) is 1. The molecule has 74 valence electrons. The van der Waals surface area contributed by atoms with Crippen LogP contribution in [-0.4, -0.2) is 16.9 Å². The summed E-state index contributed by atoms with van der Waals surface area (Å²) in [6.45, 7) is 3.35. The zero-order valence-electron chi connectivity index (χ0n) is 8.05. The molecule has 2 fully saturated rings. The highest BCUT2D eigenvalue weighted by Gasteiger charge is 2.47. The fourth-order valence-corrected chi connectivity index (χ4v) is 2.09. The maximum atomic E-state index is 11.4. The van der Waals surface area contributed by atoms with Crippen LogP contribution in [0.25, 0.3) is 0 Å². The molecule has 0 aromatic heterocycles. The van der Waals surface area contributed by atoms with Crippen molar-refractivity contribution in [1.29, 1.82) is 0 Å². The Balaban J connectivity index is 1.81. The van der Waals surface area contributed by atoms with Crippen molar-refractivity contribution in [3.63, 3.8) is 0 Å². The summed E-state index contributed by atoms with van der Waals surface area (Å²) < 4.78 is 5.31. The molecule has 0 aromatic carbocycles. The Morgan fingerprint density at radius 2 is 1.85 bits per heavy atom. The second-order valence-electron chi connectivity index (χ2n) is 4.73. The number of hydrogen-bond acceptors (Lipinski definition) is 2. The SMILES string of the molecule is CC(C)(Cl)C(=O)O[C@@H]1C[C@@H]2C[C@@H]2C1. The molecule has 0 bridgehead atoms. The van der Waals surface area contributed by atoms with E-state index in [1.54, 1.807) is 13.8 Å². The molecule has 0 heterocycles. The third-order valence-corrected chi connectivity index (χ3v) is 3.11.